The van der Waals surface area contributed by atoms with Crippen molar-refractivity contribution in [3.63, 3.8) is 0 Å². The third-order valence-electron chi connectivity index (χ3n) is 2.90. The number of nitrogens with zero attached hydrogens (tertiary/aromatic N) is 1. The lowest BCUT2D eigenvalue weighted by Crippen LogP contribution is -1.99. The van der Waals surface area contributed by atoms with Crippen LogP contribution in [0.5, 0.6) is 0 Å². The van der Waals surface area contributed by atoms with Crippen molar-refractivity contribution < 1.29 is 4.42 Å². The predicted molar refractivity (Wildman–Crippen MR) is 72.6 cm³/mol. The van der Waals surface area contributed by atoms with Crippen LogP contribution in [0.15, 0.2) is 34.3 Å². The van der Waals surface area contributed by atoms with Crippen LogP contribution in [0.4, 0.5) is 0 Å². The number of benzene rings is 1. The summed E-state index contributed by atoms with van der Waals surface area (Å²) in [5.41, 5.74) is 9.02. The quantitative estimate of drug-likeness (QED) is 0.831. The first-order chi connectivity index (χ1) is 8.65. The molecule has 0 radical (unpaired) electrons. The number of nitrogens with two attached hydrogens (primary N) is 1. The monoisotopic (exact) mass is 240 g/mol. The first kappa shape index (κ1) is 12.3. The van der Waals surface area contributed by atoms with E-state index in [0.29, 0.717) is 23.5 Å². The van der Waals surface area contributed by atoms with Crippen molar-refractivity contribution in [2.24, 2.45) is 5.73 Å². The van der Waals surface area contributed by atoms with Crippen LogP contribution in [0.2, 0.25) is 0 Å². The number of rotatable bonds is 3. The molecule has 92 valence electrons. The van der Waals surface area contributed by atoms with Crippen molar-refractivity contribution in [2.45, 2.75) is 26.7 Å². The van der Waals surface area contributed by atoms with E-state index in [1.807, 2.05) is 38.1 Å². The summed E-state index contributed by atoms with van der Waals surface area (Å²) in [4.78, 5) is 0. The van der Waals surface area contributed by atoms with Crippen molar-refractivity contribution in [1.29, 1.82) is 5.26 Å². The van der Waals surface area contributed by atoms with Gasteiger partial charge in [-0.2, -0.15) is 5.26 Å². The maximum atomic E-state index is 9.08. The molecular formula is C15H16N2O. The lowest BCUT2D eigenvalue weighted by atomic mass is 10.1. The second kappa shape index (κ2) is 4.97. The largest absolute Gasteiger partial charge is 0.455 e. The first-order valence-corrected chi connectivity index (χ1v) is 6.05. The summed E-state index contributed by atoms with van der Waals surface area (Å²) in [5.74, 6) is 0.584. The summed E-state index contributed by atoms with van der Waals surface area (Å²) in [6, 6.07) is 10.0. The van der Waals surface area contributed by atoms with Gasteiger partial charge >= 0.3 is 0 Å². The molecule has 3 heteroatoms. The number of furan rings is 1. The van der Waals surface area contributed by atoms with Gasteiger partial charge in [0.25, 0.3) is 0 Å². The van der Waals surface area contributed by atoms with Gasteiger partial charge in [-0.05, 0) is 31.5 Å². The maximum absolute atomic E-state index is 9.08. The normalized spacial score (nSPS) is 12.3. The van der Waals surface area contributed by atoms with Gasteiger partial charge in [0.2, 0.25) is 0 Å². The third-order valence-corrected chi connectivity index (χ3v) is 2.90. The Morgan fingerprint density at radius 3 is 2.83 bits per heavy atom. The Morgan fingerprint density at radius 1 is 1.39 bits per heavy atom. The summed E-state index contributed by atoms with van der Waals surface area (Å²) in [7, 11) is 0. The molecule has 0 aliphatic carbocycles. The minimum Gasteiger partial charge on any atom is -0.455 e. The molecule has 0 fully saturated rings. The number of aryl methyl sites for hydroxylation is 1. The zero-order valence-corrected chi connectivity index (χ0v) is 10.7. The number of hydrogen-bond donors (Lipinski definition) is 1. The van der Waals surface area contributed by atoms with E-state index in [1.165, 1.54) is 5.56 Å². The molecule has 2 N–H and O–H groups in total. The van der Waals surface area contributed by atoms with E-state index < -0.39 is 0 Å². The van der Waals surface area contributed by atoms with Gasteiger partial charge in [-0.3, -0.25) is 0 Å². The highest BCUT2D eigenvalue weighted by atomic mass is 16.3. The fourth-order valence-corrected chi connectivity index (χ4v) is 1.95. The van der Waals surface area contributed by atoms with E-state index in [1.54, 1.807) is 0 Å². The molecule has 0 aliphatic rings. The second-order valence-electron chi connectivity index (χ2n) is 4.41. The van der Waals surface area contributed by atoms with Gasteiger partial charge < -0.3 is 10.2 Å². The van der Waals surface area contributed by atoms with Crippen molar-refractivity contribution in [1.82, 2.24) is 0 Å². The summed E-state index contributed by atoms with van der Waals surface area (Å²) in [6.07, 6.45) is 1.57. The van der Waals surface area contributed by atoms with E-state index in [4.69, 9.17) is 15.4 Å². The smallest absolute Gasteiger partial charge is 0.152 e. The second-order valence-corrected chi connectivity index (χ2v) is 4.41. The third kappa shape index (κ3) is 2.23. The van der Waals surface area contributed by atoms with Gasteiger partial charge in [0, 0.05) is 5.39 Å². The Balaban J connectivity index is 2.51. The highest BCUT2D eigenvalue weighted by molar-refractivity contribution is 5.83. The summed E-state index contributed by atoms with van der Waals surface area (Å²) < 4.78 is 5.68. The standard InChI is InChI=1S/C15H16N2O/c1-3-4-11(9-16)15(17)14-8-12-7-10(2)5-6-13(12)18-14/h5-8H,3-4,17H2,1-2H3/b15-11-. The minimum absolute atomic E-state index is 0.452. The van der Waals surface area contributed by atoms with E-state index >= 15 is 0 Å². The molecule has 18 heavy (non-hydrogen) atoms. The van der Waals surface area contributed by atoms with Gasteiger partial charge in [0.15, 0.2) is 5.76 Å². The van der Waals surface area contributed by atoms with E-state index in [2.05, 4.69) is 6.07 Å². The Hall–Kier alpha value is -2.21. The molecule has 0 saturated carbocycles. The van der Waals surface area contributed by atoms with Gasteiger partial charge in [-0.25, -0.2) is 0 Å². The van der Waals surface area contributed by atoms with Crippen LogP contribution in [-0.4, -0.2) is 0 Å². The number of allylic oxidation sites excluding steroid dienone is 1. The molecular weight excluding hydrogens is 224 g/mol. The Labute approximate surface area is 107 Å². The molecule has 0 bridgehead atoms. The SMILES string of the molecule is CCC/C(C#N)=C(/N)c1cc2cc(C)ccc2o1. The average molecular weight is 240 g/mol. The molecule has 1 aromatic carbocycles. The average Bonchev–Trinajstić information content (AvgIpc) is 2.77. The molecule has 1 aromatic heterocycles. The summed E-state index contributed by atoms with van der Waals surface area (Å²) in [6.45, 7) is 4.05. The minimum atomic E-state index is 0.452. The molecule has 0 saturated heterocycles. The molecule has 0 atom stereocenters. The fourth-order valence-electron chi connectivity index (χ4n) is 1.95. The zero-order chi connectivity index (χ0) is 13.1. The summed E-state index contributed by atoms with van der Waals surface area (Å²) >= 11 is 0. The molecule has 2 rings (SSSR count). The molecule has 3 nitrogen and oxygen atoms in total. The Kier molecular flexibility index (Phi) is 3.38. The van der Waals surface area contributed by atoms with Gasteiger partial charge in [-0.15, -0.1) is 0 Å². The first-order valence-electron chi connectivity index (χ1n) is 6.05. The zero-order valence-electron chi connectivity index (χ0n) is 10.7. The number of hydrogen-bond acceptors (Lipinski definition) is 3. The Bertz CT molecular complexity index is 644. The molecule has 0 amide bonds. The molecule has 0 spiro atoms. The molecule has 1 heterocycles. The van der Waals surface area contributed by atoms with Crippen LogP contribution < -0.4 is 5.73 Å². The molecule has 0 unspecified atom stereocenters. The predicted octanol–water partition coefficient (Wildman–Crippen LogP) is 3.73. The molecule has 2 aromatic rings. The van der Waals surface area contributed by atoms with Crippen LogP contribution in [0.3, 0.4) is 0 Å². The highest BCUT2D eigenvalue weighted by Crippen LogP contribution is 2.25. The van der Waals surface area contributed by atoms with Crippen molar-refractivity contribution in [3.05, 3.63) is 41.2 Å². The van der Waals surface area contributed by atoms with Crippen LogP contribution in [-0.2, 0) is 0 Å². The molecule has 0 aliphatic heterocycles. The lowest BCUT2D eigenvalue weighted by molar-refractivity contribution is 0.597. The van der Waals surface area contributed by atoms with Crippen LogP contribution >= 0.6 is 0 Å². The van der Waals surface area contributed by atoms with Crippen LogP contribution in [0.1, 0.15) is 31.1 Å². The lowest BCUT2D eigenvalue weighted by Gasteiger charge is -2.00. The van der Waals surface area contributed by atoms with Crippen LogP contribution in [0, 0.1) is 18.3 Å². The topological polar surface area (TPSA) is 63.0 Å². The number of fused-ring (bicyclic) bond motifs is 1. The van der Waals surface area contributed by atoms with E-state index in [0.717, 1.165) is 17.4 Å². The summed E-state index contributed by atoms with van der Waals surface area (Å²) in [5, 5.41) is 10.1. The Morgan fingerprint density at radius 2 is 2.17 bits per heavy atom. The van der Waals surface area contributed by atoms with Crippen molar-refractivity contribution >= 4 is 16.7 Å². The number of nitriles is 1. The van der Waals surface area contributed by atoms with Gasteiger partial charge in [0.1, 0.15) is 5.58 Å². The maximum Gasteiger partial charge on any atom is 0.152 e. The van der Waals surface area contributed by atoms with Gasteiger partial charge in [-0.1, -0.05) is 25.0 Å². The fraction of sp³-hybridized carbons (Fsp3) is 0.267. The van der Waals surface area contributed by atoms with Crippen molar-refractivity contribution in [3.8, 4) is 6.07 Å². The van der Waals surface area contributed by atoms with E-state index in [-0.39, 0.29) is 0 Å². The van der Waals surface area contributed by atoms with Crippen LogP contribution in [0.25, 0.3) is 16.7 Å². The highest BCUT2D eigenvalue weighted by Gasteiger charge is 2.10. The van der Waals surface area contributed by atoms with E-state index in [9.17, 15) is 0 Å². The van der Waals surface area contributed by atoms with Gasteiger partial charge in [0.05, 0.1) is 17.3 Å². The van der Waals surface area contributed by atoms with Crippen molar-refractivity contribution in [2.75, 3.05) is 0 Å².